The van der Waals surface area contributed by atoms with E-state index < -0.39 is 42.2 Å². The molecule has 4 N–H and O–H groups in total. The van der Waals surface area contributed by atoms with Gasteiger partial charge >= 0.3 is 6.03 Å². The highest BCUT2D eigenvalue weighted by molar-refractivity contribution is 6.24. The molecule has 1 saturated heterocycles. The van der Waals surface area contributed by atoms with Crippen LogP contribution in [0.25, 0.3) is 11.1 Å². The van der Waals surface area contributed by atoms with Gasteiger partial charge in [0.05, 0.1) is 23.3 Å². The predicted octanol–water partition coefficient (Wildman–Crippen LogP) is 5.54. The summed E-state index contributed by atoms with van der Waals surface area (Å²) in [4.78, 5) is 88.3. The van der Waals surface area contributed by atoms with Crippen molar-refractivity contribution in [2.75, 3.05) is 43.2 Å². The van der Waals surface area contributed by atoms with Gasteiger partial charge in [0.1, 0.15) is 30.3 Å². The van der Waals surface area contributed by atoms with Crippen molar-refractivity contribution in [2.45, 2.75) is 69.6 Å². The molecule has 4 heterocycles. The number of fused-ring (bicyclic) bond motifs is 1. The second-order valence-electron chi connectivity index (χ2n) is 16.7. The first-order valence-electron chi connectivity index (χ1n) is 22.9. The lowest BCUT2D eigenvalue weighted by Gasteiger charge is -2.37. The van der Waals surface area contributed by atoms with Gasteiger partial charge in [-0.3, -0.25) is 39.1 Å². The highest BCUT2D eigenvalue weighted by Gasteiger charge is 2.46. The molecule has 18 heteroatoms. The minimum Gasteiger partial charge on any atom is -0.483 e. The molecule has 3 aromatic carbocycles. The highest BCUT2D eigenvalue weighted by Crippen LogP contribution is 2.34. The SMILES string of the molecule is N#Cc1ccc(N[C@H]2CC[C@H](N(C(=O)NCc3ccccc3)c3ccc(-c4ccnc(OCCOCCCNC(=O)COc5cccc6c5C(=O)N(C5CCC(=O)NC5=O)C6=O)c4)cc3)CC2)nc1. The van der Waals surface area contributed by atoms with Gasteiger partial charge in [0.15, 0.2) is 6.61 Å². The summed E-state index contributed by atoms with van der Waals surface area (Å²) in [5, 5.41) is 20.6. The number of pyridine rings is 2. The highest BCUT2D eigenvalue weighted by atomic mass is 16.5. The number of nitrogens with one attached hydrogen (secondary N) is 4. The molecule has 0 spiro atoms. The lowest BCUT2D eigenvalue weighted by Crippen LogP contribution is -2.54. The Bertz CT molecular complexity index is 2700. The molecule has 69 heavy (non-hydrogen) atoms. The van der Waals surface area contributed by atoms with Crippen molar-refractivity contribution < 1.29 is 43.0 Å². The number of imide groups is 2. The van der Waals surface area contributed by atoms with Crippen LogP contribution in [-0.4, -0.2) is 102 Å². The van der Waals surface area contributed by atoms with E-state index in [9.17, 15) is 28.8 Å². The van der Waals surface area contributed by atoms with Gasteiger partial charge in [-0.2, -0.15) is 5.26 Å². The first kappa shape index (κ1) is 47.3. The molecule has 2 aromatic heterocycles. The molecule has 1 saturated carbocycles. The average molecular weight is 934 g/mol. The van der Waals surface area contributed by atoms with E-state index in [2.05, 4.69) is 37.3 Å². The van der Waals surface area contributed by atoms with Gasteiger partial charge in [-0.1, -0.05) is 48.5 Å². The van der Waals surface area contributed by atoms with Crippen LogP contribution in [0.5, 0.6) is 11.6 Å². The van der Waals surface area contributed by atoms with Crippen LogP contribution < -0.4 is 35.6 Å². The largest absolute Gasteiger partial charge is 0.483 e. The zero-order valence-corrected chi connectivity index (χ0v) is 37.7. The number of rotatable bonds is 19. The van der Waals surface area contributed by atoms with E-state index in [0.29, 0.717) is 37.6 Å². The summed E-state index contributed by atoms with van der Waals surface area (Å²) in [6.45, 7) is 1.17. The summed E-state index contributed by atoms with van der Waals surface area (Å²) < 4.78 is 17.2. The van der Waals surface area contributed by atoms with E-state index in [0.717, 1.165) is 58.8 Å². The van der Waals surface area contributed by atoms with Crippen molar-refractivity contribution in [1.29, 1.82) is 5.26 Å². The minimum atomic E-state index is -1.11. The molecule has 2 aliphatic heterocycles. The Morgan fingerprint density at radius 2 is 1.62 bits per heavy atom. The Labute approximate surface area is 398 Å². The minimum absolute atomic E-state index is 0.00204. The Morgan fingerprint density at radius 1 is 0.812 bits per heavy atom. The molecule has 1 atom stereocenters. The number of nitriles is 1. The van der Waals surface area contributed by atoms with E-state index in [1.807, 2.05) is 77.7 Å². The van der Waals surface area contributed by atoms with Crippen LogP contribution in [-0.2, 0) is 25.7 Å². The lowest BCUT2D eigenvalue weighted by molar-refractivity contribution is -0.136. The van der Waals surface area contributed by atoms with E-state index in [1.165, 1.54) is 18.2 Å². The molecule has 0 radical (unpaired) electrons. The van der Waals surface area contributed by atoms with Crippen molar-refractivity contribution in [3.8, 4) is 28.8 Å². The number of carbonyl (C=O) groups is 6. The number of amides is 7. The number of ether oxygens (including phenoxy) is 3. The Hall–Kier alpha value is -8.17. The molecule has 18 nitrogen and oxygen atoms in total. The van der Waals surface area contributed by atoms with Crippen molar-refractivity contribution in [1.82, 2.24) is 30.8 Å². The lowest BCUT2D eigenvalue weighted by atomic mass is 9.89. The van der Waals surface area contributed by atoms with Crippen LogP contribution in [0.3, 0.4) is 0 Å². The molecule has 3 aliphatic rings. The Kier molecular flexibility index (Phi) is 15.5. The van der Waals surface area contributed by atoms with Gasteiger partial charge in [-0.15, -0.1) is 0 Å². The number of hydrogen-bond acceptors (Lipinski definition) is 13. The average Bonchev–Trinajstić information content (AvgIpc) is 3.63. The third-order valence-corrected chi connectivity index (χ3v) is 12.1. The first-order chi connectivity index (χ1) is 33.6. The zero-order chi connectivity index (χ0) is 48.1. The fourth-order valence-electron chi connectivity index (χ4n) is 8.58. The van der Waals surface area contributed by atoms with Crippen LogP contribution in [0.2, 0.25) is 0 Å². The van der Waals surface area contributed by atoms with Crippen LogP contribution in [0.15, 0.2) is 109 Å². The molecule has 7 amide bonds. The number of benzene rings is 3. The number of carbonyl (C=O) groups excluding carboxylic acids is 6. The molecular weight excluding hydrogens is 883 g/mol. The van der Waals surface area contributed by atoms with Crippen molar-refractivity contribution >= 4 is 47.1 Å². The summed E-state index contributed by atoms with van der Waals surface area (Å²) in [6.07, 6.45) is 7.05. The number of urea groups is 1. The van der Waals surface area contributed by atoms with E-state index in [-0.39, 0.29) is 61.0 Å². The third-order valence-electron chi connectivity index (χ3n) is 12.1. The van der Waals surface area contributed by atoms with E-state index in [1.54, 1.807) is 18.5 Å². The fourth-order valence-corrected chi connectivity index (χ4v) is 8.58. The van der Waals surface area contributed by atoms with Gasteiger partial charge in [-0.05, 0) is 97.7 Å². The molecule has 354 valence electrons. The predicted molar refractivity (Wildman–Crippen MR) is 252 cm³/mol. The van der Waals surface area contributed by atoms with Gasteiger partial charge in [-0.25, -0.2) is 14.8 Å². The standard InChI is InChI=1S/C51H51N9O9/c52-29-34-10-20-43(55-31-34)57-37-13-17-39(18-14-37)59(51(66)56-30-33-6-2-1-3-7-33)38-15-11-35(12-16-38)36-22-24-54-46(28-36)68-27-26-67-25-5-23-53-45(62)32-69-42-9-4-8-40-47(42)50(65)60(49(40)64)41-19-21-44(61)58-48(41)63/h1-4,6-12,15-16,20,22,24,28,31,37,39,41H,5,13-14,17-19,21,23,25-27,30,32H2,(H,53,62)(H,55,57)(H,56,66)(H,58,61,63)/t37-,39-,41?. The number of anilines is 2. The summed E-state index contributed by atoms with van der Waals surface area (Å²) in [7, 11) is 0. The van der Waals surface area contributed by atoms with E-state index >= 15 is 0 Å². The Morgan fingerprint density at radius 3 is 2.38 bits per heavy atom. The molecule has 8 rings (SSSR count). The van der Waals surface area contributed by atoms with Crippen LogP contribution in [0, 0.1) is 11.3 Å². The second-order valence-corrected chi connectivity index (χ2v) is 16.7. The number of nitrogens with zero attached hydrogens (tertiary/aromatic N) is 5. The molecule has 2 fully saturated rings. The van der Waals surface area contributed by atoms with Crippen molar-refractivity contribution in [3.05, 3.63) is 132 Å². The number of hydrogen-bond donors (Lipinski definition) is 4. The van der Waals surface area contributed by atoms with Crippen LogP contribution in [0.4, 0.5) is 16.3 Å². The van der Waals surface area contributed by atoms with Crippen LogP contribution >= 0.6 is 0 Å². The van der Waals surface area contributed by atoms with Gasteiger partial charge in [0.25, 0.3) is 17.7 Å². The molecular formula is C51H51N9O9. The zero-order valence-electron chi connectivity index (χ0n) is 37.7. The molecule has 0 bridgehead atoms. The van der Waals surface area contributed by atoms with Gasteiger partial charge in [0, 0.05) is 62.3 Å². The molecule has 5 aromatic rings. The second kappa shape index (κ2) is 22.5. The summed E-state index contributed by atoms with van der Waals surface area (Å²) >= 11 is 0. The summed E-state index contributed by atoms with van der Waals surface area (Å²) in [6, 6.07) is 30.5. The van der Waals surface area contributed by atoms with Gasteiger partial charge < -0.3 is 30.2 Å². The molecule has 1 unspecified atom stereocenters. The summed E-state index contributed by atoms with van der Waals surface area (Å²) in [5.74, 6) is -1.81. The van der Waals surface area contributed by atoms with Crippen molar-refractivity contribution in [2.24, 2.45) is 0 Å². The topological polar surface area (TPSA) is 234 Å². The van der Waals surface area contributed by atoms with E-state index in [4.69, 9.17) is 19.5 Å². The van der Waals surface area contributed by atoms with Crippen molar-refractivity contribution in [3.63, 3.8) is 0 Å². The smallest absolute Gasteiger partial charge is 0.322 e. The monoisotopic (exact) mass is 933 g/mol. The normalized spacial score (nSPS) is 17.6. The third kappa shape index (κ3) is 11.9. The van der Waals surface area contributed by atoms with Crippen LogP contribution in [0.1, 0.15) is 76.8 Å². The molecule has 1 aliphatic carbocycles. The maximum absolute atomic E-state index is 13.9. The number of aromatic nitrogens is 2. The number of piperidine rings is 1. The fraction of sp³-hybridized carbons (Fsp3) is 0.314. The maximum atomic E-state index is 13.9. The summed E-state index contributed by atoms with van der Waals surface area (Å²) in [5.41, 5.74) is 4.15. The first-order valence-corrected chi connectivity index (χ1v) is 22.9. The maximum Gasteiger partial charge on any atom is 0.322 e. The van der Waals surface area contributed by atoms with Gasteiger partial charge in [0.2, 0.25) is 17.7 Å². The Balaban J connectivity index is 0.769. The quantitative estimate of drug-likeness (QED) is 0.0589.